The lowest BCUT2D eigenvalue weighted by molar-refractivity contribution is -0.110. The van der Waals surface area contributed by atoms with Crippen LogP contribution in [-0.4, -0.2) is 43.6 Å². The molecule has 1 fully saturated rings. The maximum Gasteiger partial charge on any atom is 0.249 e. The molecule has 0 bridgehead atoms. The van der Waals surface area contributed by atoms with E-state index in [0.29, 0.717) is 29.7 Å². The van der Waals surface area contributed by atoms with E-state index < -0.39 is 32.5 Å². The van der Waals surface area contributed by atoms with Crippen LogP contribution in [-0.2, 0) is 20.2 Å². The molecule has 1 amide bonds. The van der Waals surface area contributed by atoms with Gasteiger partial charge in [-0.2, -0.15) is 0 Å². The lowest BCUT2D eigenvalue weighted by Gasteiger charge is -2.40. The minimum atomic E-state index is -3.33. The molecule has 0 spiro atoms. The van der Waals surface area contributed by atoms with E-state index in [1.807, 2.05) is 24.3 Å². The van der Waals surface area contributed by atoms with Gasteiger partial charge in [0.1, 0.15) is 0 Å². The van der Waals surface area contributed by atoms with Gasteiger partial charge in [-0.15, -0.1) is 0 Å². The van der Waals surface area contributed by atoms with Crippen molar-refractivity contribution in [3.05, 3.63) is 59.7 Å². The number of primary amides is 1. The highest BCUT2D eigenvalue weighted by atomic mass is 32.2. The van der Waals surface area contributed by atoms with Gasteiger partial charge in [0, 0.05) is 24.5 Å². The number of rotatable bonds is 6. The predicted octanol–water partition coefficient (Wildman–Crippen LogP) is 2.50. The Morgan fingerprint density at radius 2 is 1.86 bits per heavy atom. The van der Waals surface area contributed by atoms with Gasteiger partial charge in [-0.1, -0.05) is 42.5 Å². The van der Waals surface area contributed by atoms with Crippen LogP contribution >= 0.6 is 0 Å². The molecule has 0 saturated carbocycles. The molecule has 3 N–H and O–H groups in total. The van der Waals surface area contributed by atoms with Crippen LogP contribution in [0.15, 0.2) is 48.5 Å². The highest BCUT2D eigenvalue weighted by Crippen LogP contribution is 2.38. The zero-order valence-electron chi connectivity index (χ0n) is 16.7. The molecule has 1 aliphatic heterocycles. The fourth-order valence-electron chi connectivity index (χ4n) is 3.72. The van der Waals surface area contributed by atoms with Crippen LogP contribution in [0.3, 0.4) is 0 Å². The summed E-state index contributed by atoms with van der Waals surface area (Å²) in [5.41, 5.74) is 6.76. The molecule has 7 heteroatoms. The number of hydrogen-bond donors (Lipinski definition) is 2. The lowest BCUT2D eigenvalue weighted by atomic mass is 9.78. The quantitative estimate of drug-likeness (QED) is 0.751. The first-order valence-electron chi connectivity index (χ1n) is 9.66. The first kappa shape index (κ1) is 21.5. The van der Waals surface area contributed by atoms with Crippen molar-refractivity contribution in [3.8, 4) is 11.1 Å². The average Bonchev–Trinajstić information content (AvgIpc) is 2.69. The molecular formula is C22H27NO5S. The van der Waals surface area contributed by atoms with Gasteiger partial charge in [0.2, 0.25) is 5.91 Å². The largest absolute Gasteiger partial charge is 0.385 e. The average molecular weight is 418 g/mol. The van der Waals surface area contributed by atoms with Crippen LogP contribution in [0, 0.1) is 5.92 Å². The van der Waals surface area contributed by atoms with Crippen LogP contribution < -0.4 is 5.73 Å². The summed E-state index contributed by atoms with van der Waals surface area (Å²) in [5.74, 6) is -1.19. The lowest BCUT2D eigenvalue weighted by Crippen LogP contribution is -2.46. The fourth-order valence-corrected chi connectivity index (χ4v) is 5.04. The number of amides is 1. The highest BCUT2D eigenvalue weighted by molar-refractivity contribution is 7.91. The second-order valence-corrected chi connectivity index (χ2v) is 10.4. The molecule has 0 aliphatic carbocycles. The van der Waals surface area contributed by atoms with Crippen molar-refractivity contribution in [1.29, 1.82) is 0 Å². The Bertz CT molecular complexity index is 985. The van der Waals surface area contributed by atoms with Crippen molar-refractivity contribution in [2.45, 2.75) is 31.1 Å². The number of sulfone groups is 1. The molecule has 2 atom stereocenters. The molecule has 0 radical (unpaired) electrons. The number of nitrogens with two attached hydrogens (primary N) is 1. The molecule has 1 aliphatic rings. The molecule has 156 valence electrons. The zero-order valence-corrected chi connectivity index (χ0v) is 17.5. The van der Waals surface area contributed by atoms with E-state index in [9.17, 15) is 18.3 Å². The van der Waals surface area contributed by atoms with E-state index >= 15 is 0 Å². The third-order valence-electron chi connectivity index (χ3n) is 5.66. The van der Waals surface area contributed by atoms with Gasteiger partial charge >= 0.3 is 0 Å². The normalized spacial score (nSPS) is 22.6. The monoisotopic (exact) mass is 417 g/mol. The third kappa shape index (κ3) is 4.37. The Morgan fingerprint density at radius 3 is 2.48 bits per heavy atom. The van der Waals surface area contributed by atoms with E-state index in [2.05, 4.69) is 0 Å². The number of aliphatic hydroxyl groups is 1. The van der Waals surface area contributed by atoms with Crippen molar-refractivity contribution in [1.82, 2.24) is 0 Å². The van der Waals surface area contributed by atoms with Gasteiger partial charge in [-0.3, -0.25) is 4.79 Å². The number of ether oxygens (including phenoxy) is 1. The second kappa shape index (κ2) is 8.26. The fraction of sp³-hybridized carbons (Fsp3) is 0.409. The van der Waals surface area contributed by atoms with E-state index in [4.69, 9.17) is 10.5 Å². The number of carbonyl (C=O) groups excluding carboxylic acids is 1. The van der Waals surface area contributed by atoms with E-state index in [0.717, 1.165) is 5.56 Å². The molecule has 2 aromatic rings. The van der Waals surface area contributed by atoms with E-state index in [-0.39, 0.29) is 12.4 Å². The molecule has 1 heterocycles. The summed E-state index contributed by atoms with van der Waals surface area (Å²) >= 11 is 0. The SMILES string of the molecule is CC(C)S(=O)(=O)C[C@@H]1COCC[C@]1(O)c1ccc(-c2ccccc2C(N)=O)cc1. The first-order chi connectivity index (χ1) is 13.6. The molecule has 1 saturated heterocycles. The number of carbonyl (C=O) groups is 1. The van der Waals surface area contributed by atoms with Crippen molar-refractivity contribution in [2.75, 3.05) is 19.0 Å². The summed E-state index contributed by atoms with van der Waals surface area (Å²) < 4.78 is 30.4. The van der Waals surface area contributed by atoms with Gasteiger partial charge in [0.25, 0.3) is 0 Å². The number of benzene rings is 2. The third-order valence-corrected chi connectivity index (χ3v) is 7.97. The van der Waals surface area contributed by atoms with Gasteiger partial charge < -0.3 is 15.6 Å². The van der Waals surface area contributed by atoms with Gasteiger partial charge in [-0.25, -0.2) is 8.42 Å². The van der Waals surface area contributed by atoms with Crippen LogP contribution in [0.2, 0.25) is 0 Å². The van der Waals surface area contributed by atoms with Gasteiger partial charge in [0.15, 0.2) is 9.84 Å². The van der Waals surface area contributed by atoms with Gasteiger partial charge in [-0.05, 0) is 36.6 Å². The van der Waals surface area contributed by atoms with Crippen molar-refractivity contribution in [2.24, 2.45) is 11.7 Å². The molecular weight excluding hydrogens is 390 g/mol. The predicted molar refractivity (Wildman–Crippen MR) is 112 cm³/mol. The zero-order chi connectivity index (χ0) is 21.2. The Morgan fingerprint density at radius 1 is 1.21 bits per heavy atom. The van der Waals surface area contributed by atoms with Crippen LogP contribution in [0.1, 0.15) is 36.2 Å². The smallest absolute Gasteiger partial charge is 0.249 e. The maximum atomic E-state index is 12.4. The molecule has 0 aromatic heterocycles. The van der Waals surface area contributed by atoms with Crippen LogP contribution in [0.5, 0.6) is 0 Å². The first-order valence-corrected chi connectivity index (χ1v) is 11.4. The number of hydrogen-bond acceptors (Lipinski definition) is 5. The summed E-state index contributed by atoms with van der Waals surface area (Å²) in [7, 11) is -3.33. The van der Waals surface area contributed by atoms with Crippen LogP contribution in [0.25, 0.3) is 11.1 Å². The summed E-state index contributed by atoms with van der Waals surface area (Å²) in [6.45, 7) is 3.84. The molecule has 3 rings (SSSR count). The molecule has 2 aromatic carbocycles. The molecule has 0 unspecified atom stereocenters. The minimum Gasteiger partial charge on any atom is -0.385 e. The Labute approximate surface area is 171 Å². The molecule has 6 nitrogen and oxygen atoms in total. The topological polar surface area (TPSA) is 107 Å². The summed E-state index contributed by atoms with van der Waals surface area (Å²) in [6, 6.07) is 14.3. The van der Waals surface area contributed by atoms with Crippen molar-refractivity contribution in [3.63, 3.8) is 0 Å². The summed E-state index contributed by atoms with van der Waals surface area (Å²) in [5, 5.41) is 10.9. The summed E-state index contributed by atoms with van der Waals surface area (Å²) in [4.78, 5) is 11.7. The van der Waals surface area contributed by atoms with E-state index in [1.165, 1.54) is 0 Å². The Balaban J connectivity index is 1.94. The minimum absolute atomic E-state index is 0.132. The van der Waals surface area contributed by atoms with Crippen molar-refractivity contribution < 1.29 is 23.1 Å². The van der Waals surface area contributed by atoms with Crippen molar-refractivity contribution >= 4 is 15.7 Å². The Hall–Kier alpha value is -2.22. The molecule has 29 heavy (non-hydrogen) atoms. The summed E-state index contributed by atoms with van der Waals surface area (Å²) in [6.07, 6.45) is 0.322. The van der Waals surface area contributed by atoms with E-state index in [1.54, 1.807) is 38.1 Å². The highest BCUT2D eigenvalue weighted by Gasteiger charge is 2.43. The standard InChI is InChI=1S/C22H27NO5S/c1-15(2)29(26,27)14-18-13-28-12-11-22(18,25)17-9-7-16(8-10-17)19-5-3-4-6-20(19)21(23)24/h3-10,15,18,25H,11-14H2,1-2H3,(H2,23,24)/t18-,22-/m0/s1. The maximum absolute atomic E-state index is 12.4. The second-order valence-electron chi connectivity index (χ2n) is 7.81. The van der Waals surface area contributed by atoms with Gasteiger partial charge in [0.05, 0.1) is 23.2 Å². The Kier molecular flexibility index (Phi) is 6.12. The van der Waals surface area contributed by atoms with Crippen LogP contribution in [0.4, 0.5) is 0 Å².